The van der Waals surface area contributed by atoms with Crippen molar-refractivity contribution in [1.82, 2.24) is 5.32 Å². The van der Waals surface area contributed by atoms with E-state index in [1.165, 1.54) is 19.1 Å². The molecule has 7 heteroatoms. The predicted molar refractivity (Wildman–Crippen MR) is 67.6 cm³/mol. The minimum absolute atomic E-state index is 0.00187. The molecule has 0 aromatic heterocycles. The molecule has 0 spiro atoms. The van der Waals surface area contributed by atoms with E-state index >= 15 is 0 Å². The lowest BCUT2D eigenvalue weighted by atomic mass is 10.2. The number of hydrogen-bond donors (Lipinski definition) is 2. The van der Waals surface area contributed by atoms with Gasteiger partial charge in [-0.3, -0.25) is 4.79 Å². The third-order valence-electron chi connectivity index (χ3n) is 2.00. The maximum atomic E-state index is 11.0. The fraction of sp³-hybridized carbons (Fsp3) is 0.273. The molecule has 0 unspecified atom stereocenters. The summed E-state index contributed by atoms with van der Waals surface area (Å²) in [5.74, 6) is -1.42. The second kappa shape index (κ2) is 6.47. The number of aromatic carboxylic acids is 1. The Kier molecular flexibility index (Phi) is 5.25. The molecule has 0 fully saturated rings. The molecule has 98 valence electrons. The van der Waals surface area contributed by atoms with E-state index in [1.807, 2.05) is 0 Å². The van der Waals surface area contributed by atoms with Crippen molar-refractivity contribution < 1.29 is 19.4 Å². The number of benzene rings is 1. The number of rotatable bonds is 5. The lowest BCUT2D eigenvalue weighted by molar-refractivity contribution is -0.119. The fourth-order valence-corrected chi connectivity index (χ4v) is 1.70. The van der Waals surface area contributed by atoms with Gasteiger partial charge in [-0.1, -0.05) is 23.2 Å². The Morgan fingerprint density at radius 2 is 1.94 bits per heavy atom. The zero-order valence-corrected chi connectivity index (χ0v) is 11.0. The standard InChI is InChI=1S/C11H11Cl2NO4/c1-6(15)14-4-5-18-10-8(13)3-2-7(12)9(10)11(16)17/h2-3H,4-5H2,1H3,(H,14,15)(H,16,17). The van der Waals surface area contributed by atoms with E-state index in [1.54, 1.807) is 0 Å². The largest absolute Gasteiger partial charge is 0.489 e. The number of ether oxygens (including phenoxy) is 1. The summed E-state index contributed by atoms with van der Waals surface area (Å²) in [6, 6.07) is 2.83. The Morgan fingerprint density at radius 3 is 2.50 bits per heavy atom. The van der Waals surface area contributed by atoms with Crippen LogP contribution in [0.3, 0.4) is 0 Å². The van der Waals surface area contributed by atoms with Gasteiger partial charge in [0.25, 0.3) is 0 Å². The molecular weight excluding hydrogens is 281 g/mol. The van der Waals surface area contributed by atoms with Gasteiger partial charge in [-0.2, -0.15) is 0 Å². The Bertz CT molecular complexity index is 476. The third kappa shape index (κ3) is 3.78. The summed E-state index contributed by atoms with van der Waals surface area (Å²) in [6.45, 7) is 1.71. The van der Waals surface area contributed by atoms with Crippen molar-refractivity contribution in [3.8, 4) is 5.75 Å². The highest BCUT2D eigenvalue weighted by molar-refractivity contribution is 6.36. The summed E-state index contributed by atoms with van der Waals surface area (Å²) in [5.41, 5.74) is -0.188. The average molecular weight is 292 g/mol. The van der Waals surface area contributed by atoms with Crippen LogP contribution in [0.5, 0.6) is 5.75 Å². The molecule has 0 heterocycles. The molecule has 0 saturated carbocycles. The zero-order valence-electron chi connectivity index (χ0n) is 9.50. The molecule has 0 atom stereocenters. The first-order valence-corrected chi connectivity index (χ1v) is 5.77. The molecule has 0 aliphatic rings. The van der Waals surface area contributed by atoms with Gasteiger partial charge in [-0.15, -0.1) is 0 Å². The van der Waals surface area contributed by atoms with Crippen molar-refractivity contribution in [2.24, 2.45) is 0 Å². The van der Waals surface area contributed by atoms with E-state index in [0.717, 1.165) is 0 Å². The van der Waals surface area contributed by atoms with E-state index in [2.05, 4.69) is 5.32 Å². The Balaban J connectivity index is 2.83. The summed E-state index contributed by atoms with van der Waals surface area (Å²) >= 11 is 11.6. The lowest BCUT2D eigenvalue weighted by Gasteiger charge is -2.12. The van der Waals surface area contributed by atoms with Gasteiger partial charge in [0.1, 0.15) is 12.2 Å². The van der Waals surface area contributed by atoms with Crippen LogP contribution >= 0.6 is 23.2 Å². The number of nitrogens with one attached hydrogen (secondary N) is 1. The molecule has 0 bridgehead atoms. The summed E-state index contributed by atoms with van der Waals surface area (Å²) in [7, 11) is 0. The molecule has 1 aromatic carbocycles. The highest BCUT2D eigenvalue weighted by Gasteiger charge is 2.19. The van der Waals surface area contributed by atoms with E-state index in [-0.39, 0.29) is 40.4 Å². The minimum Gasteiger partial charge on any atom is -0.489 e. The van der Waals surface area contributed by atoms with Crippen LogP contribution < -0.4 is 10.1 Å². The average Bonchev–Trinajstić information content (AvgIpc) is 2.27. The molecule has 1 rings (SSSR count). The minimum atomic E-state index is -1.22. The summed E-state index contributed by atoms with van der Waals surface area (Å²) in [5, 5.41) is 11.7. The molecule has 1 amide bonds. The van der Waals surface area contributed by atoms with Gasteiger partial charge in [0.05, 0.1) is 16.6 Å². The number of halogens is 2. The van der Waals surface area contributed by atoms with Crippen molar-refractivity contribution in [2.75, 3.05) is 13.2 Å². The van der Waals surface area contributed by atoms with E-state index < -0.39 is 5.97 Å². The van der Waals surface area contributed by atoms with Gasteiger partial charge < -0.3 is 15.2 Å². The number of carboxylic acid groups (broad SMARTS) is 1. The van der Waals surface area contributed by atoms with Gasteiger partial charge in [0.2, 0.25) is 5.91 Å². The number of hydrogen-bond acceptors (Lipinski definition) is 3. The lowest BCUT2D eigenvalue weighted by Crippen LogP contribution is -2.25. The smallest absolute Gasteiger partial charge is 0.341 e. The Labute approximate surface area is 114 Å². The molecule has 0 saturated heterocycles. The quantitative estimate of drug-likeness (QED) is 0.816. The monoisotopic (exact) mass is 291 g/mol. The van der Waals surface area contributed by atoms with Crippen LogP contribution in [0, 0.1) is 0 Å². The van der Waals surface area contributed by atoms with E-state index in [9.17, 15) is 9.59 Å². The van der Waals surface area contributed by atoms with Crippen LogP contribution in [0.1, 0.15) is 17.3 Å². The Morgan fingerprint density at radius 1 is 1.33 bits per heavy atom. The predicted octanol–water partition coefficient (Wildman–Crippen LogP) is 2.21. The number of carboxylic acids is 1. The van der Waals surface area contributed by atoms with Crippen molar-refractivity contribution in [2.45, 2.75) is 6.92 Å². The summed E-state index contributed by atoms with van der Waals surface area (Å²) in [6.07, 6.45) is 0. The van der Waals surface area contributed by atoms with E-state index in [4.69, 9.17) is 33.0 Å². The molecule has 1 aromatic rings. The molecule has 2 N–H and O–H groups in total. The van der Waals surface area contributed by atoms with Gasteiger partial charge in [0.15, 0.2) is 5.75 Å². The summed E-state index contributed by atoms with van der Waals surface area (Å²) < 4.78 is 5.25. The van der Waals surface area contributed by atoms with Crippen LogP contribution in [0.25, 0.3) is 0 Å². The SMILES string of the molecule is CC(=O)NCCOc1c(Cl)ccc(Cl)c1C(=O)O. The molecule has 5 nitrogen and oxygen atoms in total. The second-order valence-corrected chi connectivity index (χ2v) is 4.18. The van der Waals surface area contributed by atoms with E-state index in [0.29, 0.717) is 0 Å². The molecule has 0 radical (unpaired) electrons. The number of amides is 1. The highest BCUT2D eigenvalue weighted by atomic mass is 35.5. The van der Waals surface area contributed by atoms with Gasteiger partial charge >= 0.3 is 5.97 Å². The maximum Gasteiger partial charge on any atom is 0.341 e. The van der Waals surface area contributed by atoms with Crippen LogP contribution in [-0.4, -0.2) is 30.1 Å². The van der Waals surface area contributed by atoms with Crippen molar-refractivity contribution in [3.05, 3.63) is 27.7 Å². The second-order valence-electron chi connectivity index (χ2n) is 3.37. The highest BCUT2D eigenvalue weighted by Crippen LogP contribution is 2.33. The van der Waals surface area contributed by atoms with Crippen molar-refractivity contribution in [3.63, 3.8) is 0 Å². The first-order valence-electron chi connectivity index (χ1n) is 5.02. The molecule has 0 aliphatic heterocycles. The molecular formula is C11H11Cl2NO4. The first-order chi connectivity index (χ1) is 8.43. The van der Waals surface area contributed by atoms with Crippen molar-refractivity contribution >= 4 is 35.1 Å². The molecule has 0 aliphatic carbocycles. The topological polar surface area (TPSA) is 75.6 Å². The van der Waals surface area contributed by atoms with Crippen LogP contribution in [0.15, 0.2) is 12.1 Å². The number of carbonyl (C=O) groups excluding carboxylic acids is 1. The van der Waals surface area contributed by atoms with Crippen molar-refractivity contribution in [1.29, 1.82) is 0 Å². The first kappa shape index (κ1) is 14.6. The summed E-state index contributed by atoms with van der Waals surface area (Å²) in [4.78, 5) is 21.7. The third-order valence-corrected chi connectivity index (χ3v) is 2.61. The van der Waals surface area contributed by atoms with Crippen LogP contribution in [0.2, 0.25) is 10.0 Å². The van der Waals surface area contributed by atoms with Crippen LogP contribution in [0.4, 0.5) is 0 Å². The van der Waals surface area contributed by atoms with Gasteiger partial charge in [0, 0.05) is 6.92 Å². The Hall–Kier alpha value is -1.46. The van der Waals surface area contributed by atoms with Gasteiger partial charge in [-0.25, -0.2) is 4.79 Å². The maximum absolute atomic E-state index is 11.0. The fourth-order valence-electron chi connectivity index (χ4n) is 1.25. The normalized spacial score (nSPS) is 9.94. The van der Waals surface area contributed by atoms with Gasteiger partial charge in [-0.05, 0) is 12.1 Å². The zero-order chi connectivity index (χ0) is 13.7. The van der Waals surface area contributed by atoms with Crippen LogP contribution in [-0.2, 0) is 4.79 Å². The number of carbonyl (C=O) groups is 2. The molecule has 18 heavy (non-hydrogen) atoms.